The van der Waals surface area contributed by atoms with Crippen LogP contribution in [0.4, 0.5) is 4.39 Å². The van der Waals surface area contributed by atoms with Gasteiger partial charge in [-0.3, -0.25) is 4.98 Å². The number of rotatable bonds is 3. The maximum atomic E-state index is 12.9. The smallest absolute Gasteiger partial charge is 0.190 e. The maximum absolute atomic E-state index is 12.9. The summed E-state index contributed by atoms with van der Waals surface area (Å²) in [7, 11) is 0. The minimum atomic E-state index is -0.288. The van der Waals surface area contributed by atoms with E-state index in [9.17, 15) is 4.39 Å². The van der Waals surface area contributed by atoms with Crippen LogP contribution < -0.4 is 0 Å². The molecule has 6 heteroatoms. The summed E-state index contributed by atoms with van der Waals surface area (Å²) in [5.74, 6) is -0.288. The molecule has 0 bridgehead atoms. The Kier molecular flexibility index (Phi) is 3.39. The van der Waals surface area contributed by atoms with Gasteiger partial charge in [0.1, 0.15) is 17.6 Å². The highest BCUT2D eigenvalue weighted by Crippen LogP contribution is 2.21. The minimum Gasteiger partial charge on any atom is -0.265 e. The summed E-state index contributed by atoms with van der Waals surface area (Å²) in [4.78, 5) is 3.96. The van der Waals surface area contributed by atoms with Gasteiger partial charge in [-0.1, -0.05) is 17.3 Å². The summed E-state index contributed by atoms with van der Waals surface area (Å²) in [6, 6.07) is 11.8. The first-order chi connectivity index (χ1) is 10.3. The lowest BCUT2D eigenvalue weighted by Crippen LogP contribution is -2.04. The fourth-order valence-electron chi connectivity index (χ4n) is 2.06. The van der Waals surface area contributed by atoms with Crippen molar-refractivity contribution >= 4 is 0 Å². The van der Waals surface area contributed by atoms with E-state index >= 15 is 0 Å². The lowest BCUT2D eigenvalue weighted by atomic mass is 10.1. The largest absolute Gasteiger partial charge is 0.265 e. The summed E-state index contributed by atoms with van der Waals surface area (Å²) in [6.07, 6.45) is 3.29. The van der Waals surface area contributed by atoms with Crippen molar-refractivity contribution in [3.63, 3.8) is 0 Å². The molecular formula is C15H10FN5. The Hall–Kier alpha value is -3.07. The average molecular weight is 279 g/mol. The molecule has 0 amide bonds. The van der Waals surface area contributed by atoms with Crippen LogP contribution in [-0.2, 0) is 6.54 Å². The first-order valence-electron chi connectivity index (χ1n) is 6.26. The normalized spacial score (nSPS) is 10.3. The van der Waals surface area contributed by atoms with Gasteiger partial charge in [0.15, 0.2) is 5.69 Å². The zero-order chi connectivity index (χ0) is 14.7. The number of halogens is 1. The van der Waals surface area contributed by atoms with Crippen LogP contribution >= 0.6 is 0 Å². The molecule has 102 valence electrons. The molecule has 3 rings (SSSR count). The van der Waals surface area contributed by atoms with Crippen LogP contribution in [0.5, 0.6) is 0 Å². The molecule has 2 heterocycles. The third-order valence-electron chi connectivity index (χ3n) is 3.04. The molecule has 0 aliphatic heterocycles. The molecule has 0 aliphatic rings. The van der Waals surface area contributed by atoms with Crippen molar-refractivity contribution in [3.8, 4) is 17.3 Å². The Morgan fingerprint density at radius 1 is 1.10 bits per heavy atom. The van der Waals surface area contributed by atoms with E-state index in [0.717, 1.165) is 11.1 Å². The average Bonchev–Trinajstić information content (AvgIpc) is 2.93. The van der Waals surface area contributed by atoms with E-state index in [1.807, 2.05) is 6.07 Å². The molecule has 5 nitrogen and oxygen atoms in total. The second-order valence-corrected chi connectivity index (χ2v) is 4.42. The standard InChI is InChI=1S/C15H10FN5/c16-13-3-1-11(2-4-13)10-21-15(14(9-17)19-20-21)12-5-7-18-8-6-12/h1-8H,10H2. The molecule has 0 radical (unpaired) electrons. The van der Waals surface area contributed by atoms with Gasteiger partial charge >= 0.3 is 0 Å². The highest BCUT2D eigenvalue weighted by Gasteiger charge is 2.14. The zero-order valence-electron chi connectivity index (χ0n) is 10.9. The molecule has 0 spiro atoms. The number of nitrogens with zero attached hydrogens (tertiary/aromatic N) is 5. The van der Waals surface area contributed by atoms with Crippen LogP contribution in [-0.4, -0.2) is 20.0 Å². The van der Waals surface area contributed by atoms with Crippen molar-refractivity contribution in [2.45, 2.75) is 6.54 Å². The molecular weight excluding hydrogens is 269 g/mol. The third-order valence-corrected chi connectivity index (χ3v) is 3.04. The molecule has 0 saturated heterocycles. The van der Waals surface area contributed by atoms with Gasteiger partial charge in [-0.05, 0) is 29.8 Å². The number of pyridine rings is 1. The number of hydrogen-bond donors (Lipinski definition) is 0. The summed E-state index contributed by atoms with van der Waals surface area (Å²) in [5.41, 5.74) is 2.57. The Bertz CT molecular complexity index is 787. The Morgan fingerprint density at radius 3 is 2.48 bits per heavy atom. The lowest BCUT2D eigenvalue weighted by molar-refractivity contribution is 0.622. The first-order valence-corrected chi connectivity index (χ1v) is 6.26. The Labute approximate surface area is 120 Å². The van der Waals surface area contributed by atoms with Gasteiger partial charge in [-0.15, -0.1) is 5.10 Å². The van der Waals surface area contributed by atoms with Crippen LogP contribution in [0.25, 0.3) is 11.3 Å². The molecule has 0 aliphatic carbocycles. The van der Waals surface area contributed by atoms with Crippen molar-refractivity contribution in [2.75, 3.05) is 0 Å². The molecule has 0 saturated carbocycles. The predicted octanol–water partition coefficient (Wildman–Crippen LogP) is 2.40. The summed E-state index contributed by atoms with van der Waals surface area (Å²) >= 11 is 0. The Morgan fingerprint density at radius 2 is 1.81 bits per heavy atom. The molecule has 1 aromatic carbocycles. The van der Waals surface area contributed by atoms with Gasteiger partial charge in [0, 0.05) is 18.0 Å². The van der Waals surface area contributed by atoms with Crippen molar-refractivity contribution < 1.29 is 4.39 Å². The van der Waals surface area contributed by atoms with Crippen molar-refractivity contribution in [2.24, 2.45) is 0 Å². The second-order valence-electron chi connectivity index (χ2n) is 4.42. The van der Waals surface area contributed by atoms with E-state index < -0.39 is 0 Å². The topological polar surface area (TPSA) is 67.4 Å². The second kappa shape index (κ2) is 5.51. The van der Waals surface area contributed by atoms with Crippen LogP contribution in [0.2, 0.25) is 0 Å². The van der Waals surface area contributed by atoms with Crippen LogP contribution in [0.1, 0.15) is 11.3 Å². The van der Waals surface area contributed by atoms with E-state index in [0.29, 0.717) is 12.2 Å². The number of aromatic nitrogens is 4. The molecule has 0 fully saturated rings. The van der Waals surface area contributed by atoms with Crippen LogP contribution in [0.15, 0.2) is 48.8 Å². The highest BCUT2D eigenvalue weighted by atomic mass is 19.1. The van der Waals surface area contributed by atoms with E-state index in [4.69, 9.17) is 5.26 Å². The van der Waals surface area contributed by atoms with Crippen LogP contribution in [0, 0.1) is 17.1 Å². The fourth-order valence-corrected chi connectivity index (χ4v) is 2.06. The van der Waals surface area contributed by atoms with E-state index in [-0.39, 0.29) is 11.5 Å². The maximum Gasteiger partial charge on any atom is 0.190 e. The van der Waals surface area contributed by atoms with Gasteiger partial charge < -0.3 is 0 Å². The molecule has 21 heavy (non-hydrogen) atoms. The summed E-state index contributed by atoms with van der Waals surface area (Å²) in [6.45, 7) is 0.409. The first kappa shape index (κ1) is 12.9. The molecule has 0 N–H and O–H groups in total. The Balaban J connectivity index is 2.02. The third kappa shape index (κ3) is 2.62. The van der Waals surface area contributed by atoms with E-state index in [1.54, 1.807) is 41.3 Å². The molecule has 3 aromatic rings. The number of benzene rings is 1. The van der Waals surface area contributed by atoms with Crippen LogP contribution in [0.3, 0.4) is 0 Å². The summed E-state index contributed by atoms with van der Waals surface area (Å²) in [5, 5.41) is 17.1. The van der Waals surface area contributed by atoms with E-state index in [1.165, 1.54) is 12.1 Å². The minimum absolute atomic E-state index is 0.253. The van der Waals surface area contributed by atoms with Gasteiger partial charge in [-0.25, -0.2) is 9.07 Å². The fraction of sp³-hybridized carbons (Fsp3) is 0.0667. The summed E-state index contributed by atoms with van der Waals surface area (Å²) < 4.78 is 14.6. The van der Waals surface area contributed by atoms with Gasteiger partial charge in [0.05, 0.1) is 6.54 Å². The molecule has 2 aromatic heterocycles. The monoisotopic (exact) mass is 279 g/mol. The van der Waals surface area contributed by atoms with Crippen molar-refractivity contribution in [1.29, 1.82) is 5.26 Å². The van der Waals surface area contributed by atoms with Crippen molar-refractivity contribution in [3.05, 3.63) is 65.9 Å². The van der Waals surface area contributed by atoms with Crippen molar-refractivity contribution in [1.82, 2.24) is 20.0 Å². The quantitative estimate of drug-likeness (QED) is 0.738. The predicted molar refractivity (Wildman–Crippen MR) is 73.5 cm³/mol. The van der Waals surface area contributed by atoms with Gasteiger partial charge in [0.2, 0.25) is 0 Å². The SMILES string of the molecule is N#Cc1nnn(Cc2ccc(F)cc2)c1-c1ccncc1. The van der Waals surface area contributed by atoms with Gasteiger partial charge in [-0.2, -0.15) is 5.26 Å². The zero-order valence-corrected chi connectivity index (χ0v) is 10.9. The van der Waals surface area contributed by atoms with E-state index in [2.05, 4.69) is 15.3 Å². The highest BCUT2D eigenvalue weighted by molar-refractivity contribution is 5.64. The lowest BCUT2D eigenvalue weighted by Gasteiger charge is -2.06. The molecule has 0 atom stereocenters. The number of hydrogen-bond acceptors (Lipinski definition) is 4. The number of nitriles is 1. The van der Waals surface area contributed by atoms with Gasteiger partial charge in [0.25, 0.3) is 0 Å². The molecule has 0 unspecified atom stereocenters.